The molecule has 0 saturated carbocycles. The third kappa shape index (κ3) is 7.22. The zero-order valence-electron chi connectivity index (χ0n) is 22.9. The molecule has 0 aliphatic rings. The molecular formula is C28H32ClN3O7S. The van der Waals surface area contributed by atoms with Gasteiger partial charge in [-0.2, -0.15) is 0 Å². The Morgan fingerprint density at radius 3 is 2.30 bits per heavy atom. The van der Waals surface area contributed by atoms with Gasteiger partial charge in [0, 0.05) is 16.7 Å². The number of carbonyl (C=O) groups excluding carboxylic acids is 1. The molecule has 3 aromatic rings. The lowest BCUT2D eigenvalue weighted by molar-refractivity contribution is -0.385. The Bertz CT molecular complexity index is 1480. The molecule has 1 N–H and O–H groups in total. The number of rotatable bonds is 12. The number of ether oxygens (including phenoxy) is 2. The maximum Gasteiger partial charge on any atom is 0.273 e. The number of nitro benzene ring substituents is 1. The molecule has 3 rings (SSSR count). The van der Waals surface area contributed by atoms with Crippen LogP contribution in [-0.2, 0) is 14.8 Å². The Hall–Kier alpha value is -3.83. The first-order chi connectivity index (χ1) is 18.9. The van der Waals surface area contributed by atoms with Crippen LogP contribution < -0.4 is 19.1 Å². The van der Waals surface area contributed by atoms with Crippen molar-refractivity contribution < 1.29 is 27.6 Å². The fourth-order valence-electron chi connectivity index (χ4n) is 4.19. The van der Waals surface area contributed by atoms with Crippen LogP contribution in [0.3, 0.4) is 0 Å². The molecule has 0 heterocycles. The van der Waals surface area contributed by atoms with Gasteiger partial charge in [0.05, 0.1) is 35.8 Å². The molecule has 0 aliphatic carbocycles. The monoisotopic (exact) mass is 589 g/mol. The van der Waals surface area contributed by atoms with Crippen molar-refractivity contribution in [3.05, 3.63) is 86.9 Å². The van der Waals surface area contributed by atoms with Gasteiger partial charge in [-0.05, 0) is 61.2 Å². The van der Waals surface area contributed by atoms with Crippen molar-refractivity contribution in [3.63, 3.8) is 0 Å². The lowest BCUT2D eigenvalue weighted by Gasteiger charge is -2.27. The number of anilines is 1. The summed E-state index contributed by atoms with van der Waals surface area (Å²) in [5.74, 6) is 0.439. The average Bonchev–Trinajstić information content (AvgIpc) is 2.91. The normalized spacial score (nSPS) is 12.1. The summed E-state index contributed by atoms with van der Waals surface area (Å²) >= 11 is 6.21. The first-order valence-corrected chi connectivity index (χ1v) is 14.2. The van der Waals surface area contributed by atoms with Crippen molar-refractivity contribution in [1.29, 1.82) is 0 Å². The fourth-order valence-corrected chi connectivity index (χ4v) is 5.80. The van der Waals surface area contributed by atoms with Crippen LogP contribution >= 0.6 is 11.6 Å². The number of halogens is 1. The highest BCUT2D eigenvalue weighted by Crippen LogP contribution is 2.36. The van der Waals surface area contributed by atoms with E-state index in [0.717, 1.165) is 15.9 Å². The van der Waals surface area contributed by atoms with Crippen LogP contribution in [0.4, 0.5) is 11.4 Å². The summed E-state index contributed by atoms with van der Waals surface area (Å²) in [6, 6.07) is 14.8. The number of nitro groups is 1. The second-order valence-corrected chi connectivity index (χ2v) is 11.9. The fraction of sp³-hybridized carbons (Fsp3) is 0.321. The molecular weight excluding hydrogens is 558 g/mol. The summed E-state index contributed by atoms with van der Waals surface area (Å²) in [4.78, 5) is 24.0. The van der Waals surface area contributed by atoms with Gasteiger partial charge in [0.2, 0.25) is 5.91 Å². The number of nitrogens with zero attached hydrogens (tertiary/aromatic N) is 2. The largest absolute Gasteiger partial charge is 0.497 e. The zero-order chi connectivity index (χ0) is 29.6. The van der Waals surface area contributed by atoms with Crippen molar-refractivity contribution >= 4 is 38.9 Å². The van der Waals surface area contributed by atoms with E-state index in [1.807, 2.05) is 26.0 Å². The topological polar surface area (TPSA) is 128 Å². The minimum atomic E-state index is -4.49. The maximum atomic E-state index is 13.9. The predicted molar refractivity (Wildman–Crippen MR) is 154 cm³/mol. The Labute approximate surface area is 239 Å². The number of hydrogen-bond donors (Lipinski definition) is 1. The molecule has 3 aromatic carbocycles. The van der Waals surface area contributed by atoms with Gasteiger partial charge < -0.3 is 14.8 Å². The van der Waals surface area contributed by atoms with E-state index >= 15 is 0 Å². The molecule has 0 bridgehead atoms. The van der Waals surface area contributed by atoms with Crippen LogP contribution in [0.1, 0.15) is 37.4 Å². The molecule has 214 valence electrons. The lowest BCUT2D eigenvalue weighted by Crippen LogP contribution is -2.42. The second kappa shape index (κ2) is 13.0. The van der Waals surface area contributed by atoms with Gasteiger partial charge in [-0.3, -0.25) is 19.2 Å². The number of amides is 1. The summed E-state index contributed by atoms with van der Waals surface area (Å²) < 4.78 is 39.4. The average molecular weight is 590 g/mol. The van der Waals surface area contributed by atoms with Crippen molar-refractivity contribution in [3.8, 4) is 11.5 Å². The SMILES string of the molecule is COc1ccc([C@@H](CC(C)C)NC(=O)CN(c2cc(Cl)ccc2OC)S(=O)(=O)c2ccc(C)c([N+](=O)[O-])c2)cc1. The molecule has 0 spiro atoms. The van der Waals surface area contributed by atoms with Gasteiger partial charge in [-0.15, -0.1) is 0 Å². The van der Waals surface area contributed by atoms with Crippen molar-refractivity contribution in [2.45, 2.75) is 38.1 Å². The van der Waals surface area contributed by atoms with E-state index < -0.39 is 33.4 Å². The summed E-state index contributed by atoms with van der Waals surface area (Å²) in [6.45, 7) is 4.90. The van der Waals surface area contributed by atoms with Crippen LogP contribution in [0.25, 0.3) is 0 Å². The molecule has 1 atom stereocenters. The molecule has 40 heavy (non-hydrogen) atoms. The van der Waals surface area contributed by atoms with E-state index in [0.29, 0.717) is 17.7 Å². The number of aryl methyl sites for hydroxylation is 1. The number of nitrogens with one attached hydrogen (secondary N) is 1. The lowest BCUT2D eigenvalue weighted by atomic mass is 9.97. The Balaban J connectivity index is 2.06. The summed E-state index contributed by atoms with van der Waals surface area (Å²) in [5, 5.41) is 14.7. The van der Waals surface area contributed by atoms with E-state index in [4.69, 9.17) is 21.1 Å². The van der Waals surface area contributed by atoms with Gasteiger partial charge in [0.1, 0.15) is 18.0 Å². The molecule has 0 aliphatic heterocycles. The molecule has 0 aromatic heterocycles. The number of carbonyl (C=O) groups is 1. The number of methoxy groups -OCH3 is 2. The van der Waals surface area contributed by atoms with Crippen LogP contribution in [0.15, 0.2) is 65.6 Å². The Kier molecular flexibility index (Phi) is 9.99. The highest BCUT2D eigenvalue weighted by Gasteiger charge is 2.32. The zero-order valence-corrected chi connectivity index (χ0v) is 24.5. The summed E-state index contributed by atoms with van der Waals surface area (Å²) in [6.07, 6.45) is 0.593. The summed E-state index contributed by atoms with van der Waals surface area (Å²) in [5.41, 5.74) is 0.773. The van der Waals surface area contributed by atoms with E-state index in [1.54, 1.807) is 19.2 Å². The van der Waals surface area contributed by atoms with Crippen molar-refractivity contribution in [1.82, 2.24) is 5.32 Å². The van der Waals surface area contributed by atoms with Gasteiger partial charge in [-0.1, -0.05) is 43.6 Å². The molecule has 0 saturated heterocycles. The molecule has 0 radical (unpaired) electrons. The van der Waals surface area contributed by atoms with Crippen LogP contribution in [-0.4, -0.2) is 40.0 Å². The Morgan fingerprint density at radius 2 is 1.73 bits per heavy atom. The minimum Gasteiger partial charge on any atom is -0.497 e. The van der Waals surface area contributed by atoms with Crippen LogP contribution in [0.5, 0.6) is 11.5 Å². The number of benzene rings is 3. The van der Waals surface area contributed by atoms with Crippen molar-refractivity contribution in [2.24, 2.45) is 5.92 Å². The second-order valence-electron chi connectivity index (χ2n) is 9.56. The van der Waals surface area contributed by atoms with Crippen LogP contribution in [0, 0.1) is 23.0 Å². The number of hydrogen-bond acceptors (Lipinski definition) is 7. The van der Waals surface area contributed by atoms with Gasteiger partial charge in [0.25, 0.3) is 15.7 Å². The quantitative estimate of drug-likeness (QED) is 0.213. The van der Waals surface area contributed by atoms with E-state index in [9.17, 15) is 23.3 Å². The first kappa shape index (κ1) is 30.7. The maximum absolute atomic E-state index is 13.9. The standard InChI is InChI=1S/C28H32ClN3O7S/c1-18(2)14-24(20-7-10-22(38-4)11-8-20)30-28(33)17-31(26-15-21(29)9-13-27(26)39-5)40(36,37)23-12-6-19(3)25(16-23)32(34)35/h6-13,15-16,18,24H,14,17H2,1-5H3,(H,30,33)/t24-/m1/s1. The summed E-state index contributed by atoms with van der Waals surface area (Å²) in [7, 11) is -1.57. The van der Waals surface area contributed by atoms with E-state index in [1.165, 1.54) is 44.4 Å². The molecule has 0 unspecified atom stereocenters. The van der Waals surface area contributed by atoms with Gasteiger partial charge in [-0.25, -0.2) is 8.42 Å². The highest BCUT2D eigenvalue weighted by atomic mass is 35.5. The van der Waals surface area contributed by atoms with E-state index in [-0.39, 0.29) is 33.0 Å². The van der Waals surface area contributed by atoms with E-state index in [2.05, 4.69) is 5.32 Å². The van der Waals surface area contributed by atoms with Crippen molar-refractivity contribution in [2.75, 3.05) is 25.1 Å². The third-order valence-corrected chi connectivity index (χ3v) is 8.21. The Morgan fingerprint density at radius 1 is 1.05 bits per heavy atom. The van der Waals surface area contributed by atoms with Crippen LogP contribution in [0.2, 0.25) is 5.02 Å². The smallest absolute Gasteiger partial charge is 0.273 e. The molecule has 1 amide bonds. The minimum absolute atomic E-state index is 0.0123. The number of sulfonamides is 1. The van der Waals surface area contributed by atoms with Gasteiger partial charge >= 0.3 is 0 Å². The molecule has 0 fully saturated rings. The molecule has 12 heteroatoms. The highest BCUT2D eigenvalue weighted by molar-refractivity contribution is 7.92. The predicted octanol–water partition coefficient (Wildman–Crippen LogP) is 5.67. The van der Waals surface area contributed by atoms with Gasteiger partial charge in [0.15, 0.2) is 0 Å². The first-order valence-electron chi connectivity index (χ1n) is 12.4. The third-order valence-electron chi connectivity index (χ3n) is 6.22. The molecule has 10 nitrogen and oxygen atoms in total.